The van der Waals surface area contributed by atoms with Gasteiger partial charge in [0.1, 0.15) is 11.9 Å². The Morgan fingerprint density at radius 3 is 2.44 bits per heavy atom. The molecule has 6 heteroatoms. The molecule has 0 bridgehead atoms. The second kappa shape index (κ2) is 5.70. The second-order valence-electron chi connectivity index (χ2n) is 3.71. The number of hydrogen-bond donors (Lipinski definition) is 2. The number of ether oxygens (including phenoxy) is 1. The van der Waals surface area contributed by atoms with Gasteiger partial charge in [-0.1, -0.05) is 0 Å². The zero-order chi connectivity index (χ0) is 13.9. The van der Waals surface area contributed by atoms with E-state index in [1.54, 1.807) is 0 Å². The third-order valence-corrected chi connectivity index (χ3v) is 2.46. The summed E-state index contributed by atoms with van der Waals surface area (Å²) in [5.74, 6) is -2.23. The lowest BCUT2D eigenvalue weighted by atomic mass is 10.00. The van der Waals surface area contributed by atoms with Crippen LogP contribution in [0.3, 0.4) is 0 Å². The summed E-state index contributed by atoms with van der Waals surface area (Å²) >= 11 is 0. The van der Waals surface area contributed by atoms with Crippen LogP contribution in [-0.4, -0.2) is 35.2 Å². The first-order valence-corrected chi connectivity index (χ1v) is 5.12. The molecule has 0 radical (unpaired) electrons. The molecule has 18 heavy (non-hydrogen) atoms. The first-order chi connectivity index (χ1) is 8.38. The van der Waals surface area contributed by atoms with Crippen LogP contribution in [0.4, 0.5) is 4.39 Å². The summed E-state index contributed by atoms with van der Waals surface area (Å²) in [5.41, 5.74) is -0.164. The van der Waals surface area contributed by atoms with Gasteiger partial charge in [-0.15, -0.1) is 0 Å². The van der Waals surface area contributed by atoms with Crippen LogP contribution in [0.25, 0.3) is 0 Å². The van der Waals surface area contributed by atoms with Gasteiger partial charge in [0.25, 0.3) is 0 Å². The van der Waals surface area contributed by atoms with Crippen molar-refractivity contribution in [2.45, 2.75) is 19.1 Å². The molecule has 0 saturated carbocycles. The lowest BCUT2D eigenvalue weighted by Crippen LogP contribution is -2.29. The van der Waals surface area contributed by atoms with Crippen LogP contribution >= 0.6 is 0 Å². The Kier molecular flexibility index (Phi) is 4.52. The molecule has 0 heterocycles. The van der Waals surface area contributed by atoms with Gasteiger partial charge < -0.3 is 14.9 Å². The number of aliphatic hydroxyl groups excluding tert-OH is 2. The maximum atomic E-state index is 13.5. The summed E-state index contributed by atoms with van der Waals surface area (Å²) in [4.78, 5) is 22.2. The smallest absolute Gasteiger partial charge is 0.337 e. The monoisotopic (exact) mass is 256 g/mol. The van der Waals surface area contributed by atoms with E-state index in [-0.39, 0.29) is 16.9 Å². The molecule has 0 aliphatic heterocycles. The topological polar surface area (TPSA) is 83.8 Å². The Bertz CT molecular complexity index is 472. The molecule has 2 N–H and O–H groups in total. The minimum absolute atomic E-state index is 0.169. The fourth-order valence-electron chi connectivity index (χ4n) is 1.41. The van der Waals surface area contributed by atoms with E-state index in [1.165, 1.54) is 13.0 Å². The van der Waals surface area contributed by atoms with Gasteiger partial charge in [0.05, 0.1) is 7.11 Å². The average molecular weight is 256 g/mol. The SMILES string of the molecule is COC(=O)C(O)C(O)c1cc(C(C)=O)ccc1F. The number of aliphatic hydroxyl groups is 2. The number of hydrogen-bond acceptors (Lipinski definition) is 5. The standard InChI is InChI=1S/C12H13FO5/c1-6(14)7-3-4-9(13)8(5-7)10(15)11(16)12(17)18-2/h3-5,10-11,15-16H,1-2H3. The molecule has 0 aliphatic rings. The van der Waals surface area contributed by atoms with E-state index in [4.69, 9.17) is 0 Å². The number of rotatable bonds is 4. The number of esters is 1. The minimum atomic E-state index is -1.91. The van der Waals surface area contributed by atoms with E-state index in [2.05, 4.69) is 4.74 Å². The molecule has 1 aromatic carbocycles. The normalized spacial score (nSPS) is 13.8. The molecule has 0 aliphatic carbocycles. The zero-order valence-corrected chi connectivity index (χ0v) is 9.88. The summed E-state index contributed by atoms with van der Waals surface area (Å²) in [5, 5.41) is 19.1. The van der Waals surface area contributed by atoms with Crippen molar-refractivity contribution < 1.29 is 28.9 Å². The predicted molar refractivity (Wildman–Crippen MR) is 59.4 cm³/mol. The first kappa shape index (κ1) is 14.3. The first-order valence-electron chi connectivity index (χ1n) is 5.12. The van der Waals surface area contributed by atoms with Crippen LogP contribution in [-0.2, 0) is 9.53 Å². The molecule has 0 amide bonds. The molecular formula is C12H13FO5. The fraction of sp³-hybridized carbons (Fsp3) is 0.333. The summed E-state index contributed by atoms with van der Waals surface area (Å²) in [6.07, 6.45) is -3.71. The van der Waals surface area contributed by atoms with E-state index in [0.717, 1.165) is 19.2 Å². The van der Waals surface area contributed by atoms with E-state index < -0.39 is 24.0 Å². The van der Waals surface area contributed by atoms with Crippen molar-refractivity contribution in [3.63, 3.8) is 0 Å². The highest BCUT2D eigenvalue weighted by atomic mass is 19.1. The molecule has 98 valence electrons. The molecule has 5 nitrogen and oxygen atoms in total. The molecule has 0 aromatic heterocycles. The summed E-state index contributed by atoms with van der Waals surface area (Å²) in [7, 11) is 1.03. The number of benzene rings is 1. The van der Waals surface area contributed by atoms with E-state index in [1.807, 2.05) is 0 Å². The zero-order valence-electron chi connectivity index (χ0n) is 9.88. The van der Waals surface area contributed by atoms with Crippen LogP contribution in [0.1, 0.15) is 28.9 Å². The van der Waals surface area contributed by atoms with Crippen LogP contribution in [0.2, 0.25) is 0 Å². The highest BCUT2D eigenvalue weighted by Crippen LogP contribution is 2.22. The van der Waals surface area contributed by atoms with Gasteiger partial charge in [-0.2, -0.15) is 0 Å². The number of carbonyl (C=O) groups is 2. The molecule has 0 saturated heterocycles. The molecule has 2 atom stereocenters. The number of Topliss-reactive ketones (excluding diaryl/α,β-unsaturated/α-hetero) is 1. The van der Waals surface area contributed by atoms with Crippen molar-refractivity contribution in [1.29, 1.82) is 0 Å². The van der Waals surface area contributed by atoms with Gasteiger partial charge in [0.15, 0.2) is 11.9 Å². The quantitative estimate of drug-likeness (QED) is 0.608. The lowest BCUT2D eigenvalue weighted by molar-refractivity contribution is -0.156. The largest absolute Gasteiger partial charge is 0.467 e. The van der Waals surface area contributed by atoms with Gasteiger partial charge >= 0.3 is 5.97 Å². The summed E-state index contributed by atoms with van der Waals surface area (Å²) in [6, 6.07) is 3.33. The van der Waals surface area contributed by atoms with Gasteiger partial charge in [-0.05, 0) is 25.1 Å². The third-order valence-electron chi connectivity index (χ3n) is 2.46. The van der Waals surface area contributed by atoms with Crippen LogP contribution in [0, 0.1) is 5.82 Å². The third kappa shape index (κ3) is 2.91. The Balaban J connectivity index is 3.11. The van der Waals surface area contributed by atoms with Gasteiger partial charge in [0.2, 0.25) is 0 Å². The molecule has 1 aromatic rings. The molecule has 1 rings (SSSR count). The van der Waals surface area contributed by atoms with Crippen LogP contribution in [0.15, 0.2) is 18.2 Å². The minimum Gasteiger partial charge on any atom is -0.467 e. The van der Waals surface area contributed by atoms with Crippen LogP contribution in [0.5, 0.6) is 0 Å². The summed E-state index contributed by atoms with van der Waals surface area (Å²) < 4.78 is 17.7. The number of halogens is 1. The van der Waals surface area contributed by atoms with Crippen molar-refractivity contribution in [2.24, 2.45) is 0 Å². The Morgan fingerprint density at radius 2 is 1.94 bits per heavy atom. The van der Waals surface area contributed by atoms with E-state index >= 15 is 0 Å². The predicted octanol–water partition coefficient (Wildman–Crippen LogP) is 0.596. The van der Waals surface area contributed by atoms with Gasteiger partial charge in [0, 0.05) is 11.1 Å². The van der Waals surface area contributed by atoms with Crippen molar-refractivity contribution in [3.05, 3.63) is 35.1 Å². The van der Waals surface area contributed by atoms with Gasteiger partial charge in [-0.25, -0.2) is 9.18 Å². The van der Waals surface area contributed by atoms with Crippen molar-refractivity contribution in [2.75, 3.05) is 7.11 Å². The van der Waals surface area contributed by atoms with Crippen LogP contribution < -0.4 is 0 Å². The molecule has 0 fully saturated rings. The maximum absolute atomic E-state index is 13.5. The van der Waals surface area contributed by atoms with Gasteiger partial charge in [-0.3, -0.25) is 4.79 Å². The number of methoxy groups -OCH3 is 1. The lowest BCUT2D eigenvalue weighted by Gasteiger charge is -2.17. The van der Waals surface area contributed by atoms with Crippen molar-refractivity contribution in [1.82, 2.24) is 0 Å². The van der Waals surface area contributed by atoms with E-state index in [0.29, 0.717) is 0 Å². The summed E-state index contributed by atoms with van der Waals surface area (Å²) in [6.45, 7) is 1.28. The van der Waals surface area contributed by atoms with E-state index in [9.17, 15) is 24.2 Å². The highest BCUT2D eigenvalue weighted by molar-refractivity contribution is 5.94. The Hall–Kier alpha value is -1.79. The van der Waals surface area contributed by atoms with Crippen molar-refractivity contribution >= 4 is 11.8 Å². The highest BCUT2D eigenvalue weighted by Gasteiger charge is 2.28. The Morgan fingerprint density at radius 1 is 1.33 bits per heavy atom. The number of carbonyl (C=O) groups excluding carboxylic acids is 2. The maximum Gasteiger partial charge on any atom is 0.337 e. The van der Waals surface area contributed by atoms with Crippen molar-refractivity contribution in [3.8, 4) is 0 Å². The molecule has 0 spiro atoms. The second-order valence-corrected chi connectivity index (χ2v) is 3.71. The number of ketones is 1. The Labute approximate surface area is 103 Å². The average Bonchev–Trinajstić information content (AvgIpc) is 2.36. The molecular weight excluding hydrogens is 243 g/mol. The fourth-order valence-corrected chi connectivity index (χ4v) is 1.41. The molecule has 2 unspecified atom stereocenters.